The van der Waals surface area contributed by atoms with Crippen LogP contribution in [0.1, 0.15) is 25.8 Å². The van der Waals surface area contributed by atoms with Crippen molar-refractivity contribution in [2.24, 2.45) is 0 Å². The molecule has 0 spiro atoms. The minimum Gasteiger partial charge on any atom is -0.493 e. The molecule has 1 aromatic carbocycles. The molecule has 129 valence electrons. The number of carbonyl (C=O) groups is 1. The number of hydrogen-bond acceptors (Lipinski definition) is 4. The number of methoxy groups -OCH3 is 2. The van der Waals surface area contributed by atoms with Gasteiger partial charge in [-0.1, -0.05) is 31.8 Å². The van der Waals surface area contributed by atoms with Crippen LogP contribution in [0, 0.1) is 0 Å². The standard InChI is InChI=1S/C17H21BNO3.C2H6/c1-19-9-8-17(7-6-12(20)15-16(17)18-15)11-4-5-13(21-2)14(10-11)22-3;1-2/h4-7,10,15-16,19H,8-9H2,1-3H3;1-2H3. The third-order valence-electron chi connectivity index (χ3n) is 4.84. The minimum absolute atomic E-state index is 0.0787. The predicted octanol–water partition coefficient (Wildman–Crippen LogP) is 3.01. The van der Waals surface area contributed by atoms with Gasteiger partial charge < -0.3 is 14.8 Å². The van der Waals surface area contributed by atoms with E-state index in [1.54, 1.807) is 20.3 Å². The number of hydrogen-bond donors (Lipinski definition) is 1. The molecule has 2 aliphatic rings. The first-order valence-corrected chi connectivity index (χ1v) is 8.61. The lowest BCUT2D eigenvalue weighted by Crippen LogP contribution is -2.31. The number of ether oxygens (including phenoxy) is 2. The van der Waals surface area contributed by atoms with E-state index in [9.17, 15) is 4.79 Å². The van der Waals surface area contributed by atoms with Gasteiger partial charge in [0.15, 0.2) is 11.5 Å². The average molecular weight is 328 g/mol. The van der Waals surface area contributed by atoms with Crippen molar-refractivity contribution in [3.05, 3.63) is 35.9 Å². The molecular weight excluding hydrogens is 301 g/mol. The molecule has 1 aliphatic heterocycles. The predicted molar refractivity (Wildman–Crippen MR) is 98.5 cm³/mol. The summed E-state index contributed by atoms with van der Waals surface area (Å²) in [6.07, 6.45) is 4.77. The normalized spacial score (nSPS) is 26.6. The monoisotopic (exact) mass is 328 g/mol. The third-order valence-corrected chi connectivity index (χ3v) is 4.84. The molecule has 1 heterocycles. The number of ketones is 1. The van der Waals surface area contributed by atoms with Gasteiger partial charge in [-0.2, -0.15) is 0 Å². The van der Waals surface area contributed by atoms with Gasteiger partial charge in [0.25, 0.3) is 0 Å². The smallest absolute Gasteiger partial charge is 0.161 e. The highest BCUT2D eigenvalue weighted by Crippen LogP contribution is 2.61. The number of allylic oxidation sites excluding steroid dienone is 2. The lowest BCUT2D eigenvalue weighted by Gasteiger charge is -2.35. The molecule has 0 aromatic heterocycles. The largest absolute Gasteiger partial charge is 0.493 e. The second-order valence-electron chi connectivity index (χ2n) is 5.94. The maximum atomic E-state index is 11.9. The van der Waals surface area contributed by atoms with Gasteiger partial charge >= 0.3 is 0 Å². The van der Waals surface area contributed by atoms with E-state index in [2.05, 4.69) is 24.7 Å². The molecule has 5 heteroatoms. The third kappa shape index (κ3) is 3.23. The number of benzene rings is 1. The van der Waals surface area contributed by atoms with Crippen LogP contribution in [0.15, 0.2) is 30.4 Å². The van der Waals surface area contributed by atoms with Crippen LogP contribution in [0.4, 0.5) is 0 Å². The van der Waals surface area contributed by atoms with Crippen LogP contribution in [0.2, 0.25) is 11.6 Å². The zero-order valence-corrected chi connectivity index (χ0v) is 15.3. The molecule has 1 N–H and O–H groups in total. The van der Waals surface area contributed by atoms with Crippen LogP contribution in [-0.4, -0.2) is 40.9 Å². The Bertz CT molecular complexity index is 617. The topological polar surface area (TPSA) is 47.6 Å². The summed E-state index contributed by atoms with van der Waals surface area (Å²) in [4.78, 5) is 11.9. The Kier molecular flexibility index (Phi) is 6.11. The molecule has 3 rings (SSSR count). The summed E-state index contributed by atoms with van der Waals surface area (Å²) >= 11 is 0. The molecule has 1 saturated heterocycles. The van der Waals surface area contributed by atoms with Crippen molar-refractivity contribution in [2.45, 2.75) is 37.3 Å². The molecule has 24 heavy (non-hydrogen) atoms. The fraction of sp³-hybridized carbons (Fsp3) is 0.526. The van der Waals surface area contributed by atoms with Crippen LogP contribution in [-0.2, 0) is 10.2 Å². The van der Waals surface area contributed by atoms with E-state index in [4.69, 9.17) is 9.47 Å². The summed E-state index contributed by atoms with van der Waals surface area (Å²) in [5, 5.41) is 3.22. The Morgan fingerprint density at radius 1 is 1.21 bits per heavy atom. The fourth-order valence-electron chi connectivity index (χ4n) is 3.52. The Labute approximate surface area is 145 Å². The maximum Gasteiger partial charge on any atom is 0.161 e. The van der Waals surface area contributed by atoms with Gasteiger partial charge in [-0.25, -0.2) is 0 Å². The molecule has 3 atom stereocenters. The van der Waals surface area contributed by atoms with E-state index in [0.717, 1.165) is 24.5 Å². The lowest BCUT2D eigenvalue weighted by molar-refractivity contribution is -0.114. The van der Waals surface area contributed by atoms with Gasteiger partial charge in [0, 0.05) is 5.41 Å². The van der Waals surface area contributed by atoms with Gasteiger partial charge in [-0.15, -0.1) is 0 Å². The minimum atomic E-state index is -0.138. The van der Waals surface area contributed by atoms with Crippen molar-refractivity contribution in [3.63, 3.8) is 0 Å². The first-order chi connectivity index (χ1) is 11.7. The highest BCUT2D eigenvalue weighted by molar-refractivity contribution is 6.62. The van der Waals surface area contributed by atoms with E-state index in [1.807, 2.05) is 33.0 Å². The van der Waals surface area contributed by atoms with E-state index in [1.165, 1.54) is 5.56 Å². The van der Waals surface area contributed by atoms with Gasteiger partial charge in [0.05, 0.1) is 14.2 Å². The molecule has 0 saturated carbocycles. The van der Waals surface area contributed by atoms with Crippen molar-refractivity contribution in [2.75, 3.05) is 27.8 Å². The molecule has 4 nitrogen and oxygen atoms in total. The van der Waals surface area contributed by atoms with Crippen molar-refractivity contribution in [1.82, 2.24) is 5.32 Å². The summed E-state index contributed by atoms with van der Waals surface area (Å²) in [7, 11) is 7.40. The van der Waals surface area contributed by atoms with Crippen LogP contribution in [0.25, 0.3) is 0 Å². The van der Waals surface area contributed by atoms with Crippen molar-refractivity contribution in [3.8, 4) is 11.5 Å². The summed E-state index contributed by atoms with van der Waals surface area (Å²) in [5.74, 6) is 2.05. The Balaban J connectivity index is 0.00000100. The molecule has 1 fully saturated rings. The van der Waals surface area contributed by atoms with Crippen molar-refractivity contribution < 1.29 is 14.3 Å². The first kappa shape index (κ1) is 18.6. The maximum absolute atomic E-state index is 11.9. The number of nitrogens with one attached hydrogen (secondary N) is 1. The van der Waals surface area contributed by atoms with E-state index >= 15 is 0 Å². The van der Waals surface area contributed by atoms with Gasteiger partial charge in [0.2, 0.25) is 0 Å². The highest BCUT2D eigenvalue weighted by Gasteiger charge is 2.57. The highest BCUT2D eigenvalue weighted by atomic mass is 16.5. The molecular formula is C19H27BNO3. The first-order valence-electron chi connectivity index (χ1n) is 8.61. The summed E-state index contributed by atoms with van der Waals surface area (Å²) < 4.78 is 10.8. The summed E-state index contributed by atoms with van der Waals surface area (Å²) in [6, 6.07) is 6.06. The molecule has 0 bridgehead atoms. The Morgan fingerprint density at radius 3 is 2.54 bits per heavy atom. The van der Waals surface area contributed by atoms with Crippen molar-refractivity contribution in [1.29, 1.82) is 0 Å². The lowest BCUT2D eigenvalue weighted by atomic mass is 9.67. The molecule has 0 amide bonds. The van der Waals surface area contributed by atoms with Crippen LogP contribution in [0.5, 0.6) is 11.5 Å². The van der Waals surface area contributed by atoms with E-state index in [0.29, 0.717) is 0 Å². The molecule has 1 aromatic rings. The van der Waals surface area contributed by atoms with Crippen molar-refractivity contribution >= 4 is 13.1 Å². The van der Waals surface area contributed by atoms with E-state index in [-0.39, 0.29) is 22.8 Å². The van der Waals surface area contributed by atoms with Gasteiger partial charge in [0.1, 0.15) is 13.1 Å². The zero-order chi connectivity index (χ0) is 17.7. The second-order valence-corrected chi connectivity index (χ2v) is 5.94. The van der Waals surface area contributed by atoms with E-state index < -0.39 is 0 Å². The molecule has 1 radical (unpaired) electrons. The van der Waals surface area contributed by atoms with Crippen LogP contribution >= 0.6 is 0 Å². The van der Waals surface area contributed by atoms with Crippen LogP contribution < -0.4 is 14.8 Å². The number of fused-ring (bicyclic) bond motifs is 1. The molecule has 1 aliphatic carbocycles. The second kappa shape index (κ2) is 7.89. The van der Waals surface area contributed by atoms with Gasteiger partial charge in [-0.3, -0.25) is 4.79 Å². The fourth-order valence-corrected chi connectivity index (χ4v) is 3.52. The summed E-state index contributed by atoms with van der Waals surface area (Å²) in [6.45, 7) is 4.89. The SMILES string of the molecule is CC.CNCCC1(c2ccc(OC)c(OC)c2)C=CC(=O)C2[B]C21. The quantitative estimate of drug-likeness (QED) is 0.816. The molecule has 3 unspecified atom stereocenters. The average Bonchev–Trinajstić information content (AvgIpc) is 3.45. The van der Waals surface area contributed by atoms with Gasteiger partial charge in [-0.05, 0) is 49.6 Å². The Hall–Kier alpha value is -1.75. The van der Waals surface area contributed by atoms with Crippen LogP contribution in [0.3, 0.4) is 0 Å². The number of rotatable bonds is 6. The zero-order valence-electron chi connectivity index (χ0n) is 15.3. The number of carbonyl (C=O) groups excluding carboxylic acids is 1. The Morgan fingerprint density at radius 2 is 1.92 bits per heavy atom. The summed E-state index contributed by atoms with van der Waals surface area (Å²) in [5.41, 5.74) is 1.04.